The molecule has 2 N–H and O–H groups in total. The lowest BCUT2D eigenvalue weighted by Gasteiger charge is -2.33. The zero-order valence-electron chi connectivity index (χ0n) is 18.1. The van der Waals surface area contributed by atoms with Crippen LogP contribution in [0.4, 0.5) is 0 Å². The first-order valence-electron chi connectivity index (χ1n) is 10.9. The van der Waals surface area contributed by atoms with Gasteiger partial charge in [0.15, 0.2) is 0 Å². The number of amides is 1. The van der Waals surface area contributed by atoms with Gasteiger partial charge in [0, 0.05) is 30.2 Å². The standard InChI is InChI=1S/C25H26ClN5O/c1-2-3-4-21-16-30(15-18-7-5-17(13-27)6-8-18)25(32)24-12-23(29-31(21)24)22-10-9-20(26)11-19(22)14-28/h5-12,21H,2-4,14-16,28H2,1H3. The maximum absolute atomic E-state index is 13.4. The second-order valence-corrected chi connectivity index (χ2v) is 8.59. The molecule has 0 spiro atoms. The summed E-state index contributed by atoms with van der Waals surface area (Å²) in [6.45, 7) is 3.62. The van der Waals surface area contributed by atoms with E-state index in [0.717, 1.165) is 41.6 Å². The molecule has 0 saturated heterocycles. The topological polar surface area (TPSA) is 87.9 Å². The highest BCUT2D eigenvalue weighted by atomic mass is 35.5. The van der Waals surface area contributed by atoms with Gasteiger partial charge < -0.3 is 10.6 Å². The number of nitrogens with zero attached hydrogens (tertiary/aromatic N) is 4. The van der Waals surface area contributed by atoms with E-state index in [1.54, 1.807) is 12.1 Å². The van der Waals surface area contributed by atoms with Crippen molar-refractivity contribution in [1.82, 2.24) is 14.7 Å². The van der Waals surface area contributed by atoms with Gasteiger partial charge in [-0.05, 0) is 47.9 Å². The Kier molecular flexibility index (Phi) is 6.59. The molecule has 0 bridgehead atoms. The lowest BCUT2D eigenvalue weighted by Crippen LogP contribution is -2.42. The number of carbonyl (C=O) groups is 1. The molecular formula is C25H26ClN5O. The summed E-state index contributed by atoms with van der Waals surface area (Å²) >= 11 is 6.14. The van der Waals surface area contributed by atoms with Crippen LogP contribution in [0.15, 0.2) is 48.5 Å². The van der Waals surface area contributed by atoms with Crippen LogP contribution >= 0.6 is 11.6 Å². The number of carbonyl (C=O) groups excluding carboxylic acids is 1. The Morgan fingerprint density at radius 2 is 2.00 bits per heavy atom. The second-order valence-electron chi connectivity index (χ2n) is 8.16. The summed E-state index contributed by atoms with van der Waals surface area (Å²) in [5.74, 6) is -0.0379. The Labute approximate surface area is 193 Å². The van der Waals surface area contributed by atoms with E-state index in [1.165, 1.54) is 0 Å². The van der Waals surface area contributed by atoms with Crippen molar-refractivity contribution in [1.29, 1.82) is 5.26 Å². The number of fused-ring (bicyclic) bond motifs is 1. The van der Waals surface area contributed by atoms with E-state index >= 15 is 0 Å². The summed E-state index contributed by atoms with van der Waals surface area (Å²) in [4.78, 5) is 15.3. The maximum atomic E-state index is 13.4. The molecule has 1 atom stereocenters. The van der Waals surface area contributed by atoms with Crippen LogP contribution in [-0.2, 0) is 13.1 Å². The van der Waals surface area contributed by atoms with Crippen LogP contribution in [0.1, 0.15) is 59.4 Å². The number of benzene rings is 2. The second kappa shape index (κ2) is 9.56. The maximum Gasteiger partial charge on any atom is 0.272 e. The van der Waals surface area contributed by atoms with Crippen molar-refractivity contribution >= 4 is 17.5 Å². The minimum Gasteiger partial charge on any atom is -0.331 e. The molecule has 2 aromatic carbocycles. The number of hydrogen-bond donors (Lipinski definition) is 1. The van der Waals surface area contributed by atoms with Gasteiger partial charge in [-0.2, -0.15) is 10.4 Å². The van der Waals surface area contributed by atoms with Gasteiger partial charge in [0.05, 0.1) is 23.4 Å². The van der Waals surface area contributed by atoms with Gasteiger partial charge in [-0.3, -0.25) is 9.48 Å². The Morgan fingerprint density at radius 3 is 2.69 bits per heavy atom. The van der Waals surface area contributed by atoms with E-state index in [4.69, 9.17) is 27.7 Å². The van der Waals surface area contributed by atoms with Crippen molar-refractivity contribution < 1.29 is 4.79 Å². The van der Waals surface area contributed by atoms with E-state index in [2.05, 4.69) is 13.0 Å². The molecule has 32 heavy (non-hydrogen) atoms. The molecule has 0 saturated carbocycles. The van der Waals surface area contributed by atoms with Gasteiger partial charge in [0.2, 0.25) is 0 Å². The predicted molar refractivity (Wildman–Crippen MR) is 125 cm³/mol. The van der Waals surface area contributed by atoms with Crippen LogP contribution in [0.25, 0.3) is 11.3 Å². The molecule has 1 aliphatic rings. The van der Waals surface area contributed by atoms with E-state index in [-0.39, 0.29) is 11.9 Å². The molecule has 0 radical (unpaired) electrons. The van der Waals surface area contributed by atoms with Crippen molar-refractivity contribution in [2.24, 2.45) is 5.73 Å². The lowest BCUT2D eigenvalue weighted by atomic mass is 10.0. The summed E-state index contributed by atoms with van der Waals surface area (Å²) < 4.78 is 1.90. The minimum atomic E-state index is -0.0379. The fraction of sp³-hybridized carbons (Fsp3) is 0.320. The molecule has 6 nitrogen and oxygen atoms in total. The molecule has 164 valence electrons. The SMILES string of the molecule is CCCCC1CN(Cc2ccc(C#N)cc2)C(=O)c2cc(-c3ccc(Cl)cc3CN)nn21. The number of rotatable bonds is 7. The van der Waals surface area contributed by atoms with E-state index in [1.807, 2.05) is 46.0 Å². The van der Waals surface area contributed by atoms with Gasteiger partial charge in [-0.25, -0.2) is 0 Å². The zero-order valence-corrected chi connectivity index (χ0v) is 18.8. The van der Waals surface area contributed by atoms with Crippen LogP contribution in [-0.4, -0.2) is 27.1 Å². The summed E-state index contributed by atoms with van der Waals surface area (Å²) in [6.07, 6.45) is 3.09. The third kappa shape index (κ3) is 4.40. The van der Waals surface area contributed by atoms with Gasteiger partial charge >= 0.3 is 0 Å². The number of unbranched alkanes of at least 4 members (excludes halogenated alkanes) is 1. The molecule has 3 aromatic rings. The largest absolute Gasteiger partial charge is 0.331 e. The first-order valence-corrected chi connectivity index (χ1v) is 11.3. The average molecular weight is 448 g/mol. The minimum absolute atomic E-state index is 0.0379. The molecule has 0 aliphatic carbocycles. The number of halogens is 1. The summed E-state index contributed by atoms with van der Waals surface area (Å²) in [5.41, 5.74) is 10.7. The Bertz CT molecular complexity index is 1160. The number of aromatic nitrogens is 2. The molecule has 0 fully saturated rings. The summed E-state index contributed by atoms with van der Waals surface area (Å²) in [7, 11) is 0. The summed E-state index contributed by atoms with van der Waals surface area (Å²) in [6, 6.07) is 17.1. The lowest BCUT2D eigenvalue weighted by molar-refractivity contribution is 0.0635. The average Bonchev–Trinajstić information content (AvgIpc) is 3.26. The molecule has 1 amide bonds. The Morgan fingerprint density at radius 1 is 1.22 bits per heavy atom. The van der Waals surface area contributed by atoms with Crippen LogP contribution in [0.5, 0.6) is 0 Å². The van der Waals surface area contributed by atoms with Crippen LogP contribution in [0.3, 0.4) is 0 Å². The molecular weight excluding hydrogens is 422 g/mol. The highest BCUT2D eigenvalue weighted by molar-refractivity contribution is 6.30. The third-order valence-electron chi connectivity index (χ3n) is 5.93. The van der Waals surface area contributed by atoms with Crippen molar-refractivity contribution in [3.8, 4) is 17.3 Å². The van der Waals surface area contributed by atoms with Crippen molar-refractivity contribution in [3.05, 3.63) is 75.9 Å². The van der Waals surface area contributed by atoms with Gasteiger partial charge in [0.25, 0.3) is 5.91 Å². The molecule has 1 aliphatic heterocycles. The Balaban J connectivity index is 1.68. The predicted octanol–water partition coefficient (Wildman–Crippen LogP) is 4.92. The first-order chi connectivity index (χ1) is 15.5. The van der Waals surface area contributed by atoms with Crippen molar-refractivity contribution in [2.75, 3.05) is 6.54 Å². The smallest absolute Gasteiger partial charge is 0.272 e. The van der Waals surface area contributed by atoms with Gasteiger partial charge in [0.1, 0.15) is 5.69 Å². The van der Waals surface area contributed by atoms with Crippen molar-refractivity contribution in [3.63, 3.8) is 0 Å². The first kappa shape index (κ1) is 22.1. The quantitative estimate of drug-likeness (QED) is 0.556. The van der Waals surface area contributed by atoms with E-state index < -0.39 is 0 Å². The van der Waals surface area contributed by atoms with Gasteiger partial charge in [-0.15, -0.1) is 0 Å². The number of nitrogens with two attached hydrogens (primary N) is 1. The van der Waals surface area contributed by atoms with E-state index in [9.17, 15) is 4.79 Å². The fourth-order valence-electron chi connectivity index (χ4n) is 4.22. The highest BCUT2D eigenvalue weighted by Gasteiger charge is 2.33. The normalized spacial score (nSPS) is 15.5. The van der Waals surface area contributed by atoms with Crippen LogP contribution in [0.2, 0.25) is 5.02 Å². The molecule has 1 aromatic heterocycles. The van der Waals surface area contributed by atoms with Crippen LogP contribution < -0.4 is 5.73 Å². The number of nitriles is 1. The molecule has 4 rings (SSSR count). The Hall–Kier alpha value is -3.14. The molecule has 7 heteroatoms. The highest BCUT2D eigenvalue weighted by Crippen LogP contribution is 2.32. The van der Waals surface area contributed by atoms with Gasteiger partial charge in [-0.1, -0.05) is 49.6 Å². The monoisotopic (exact) mass is 447 g/mol. The van der Waals surface area contributed by atoms with Crippen LogP contribution in [0, 0.1) is 11.3 Å². The number of hydrogen-bond acceptors (Lipinski definition) is 4. The molecule has 2 heterocycles. The summed E-state index contributed by atoms with van der Waals surface area (Å²) in [5, 5.41) is 14.5. The van der Waals surface area contributed by atoms with Crippen molar-refractivity contribution in [2.45, 2.75) is 45.3 Å². The zero-order chi connectivity index (χ0) is 22.7. The third-order valence-corrected chi connectivity index (χ3v) is 6.16. The molecule has 1 unspecified atom stereocenters. The van der Waals surface area contributed by atoms with E-state index in [0.29, 0.717) is 35.9 Å². The fourth-order valence-corrected chi connectivity index (χ4v) is 4.41.